The number of hydrogen-bond donors (Lipinski definition) is 3. The second-order valence-corrected chi connectivity index (χ2v) is 2.77. The lowest BCUT2D eigenvalue weighted by molar-refractivity contribution is 0.723. The Bertz CT molecular complexity index is 106. The van der Waals surface area contributed by atoms with Crippen LogP contribution in [0.2, 0.25) is 0 Å². The van der Waals surface area contributed by atoms with Crippen LogP contribution in [-0.4, -0.2) is 25.0 Å². The third-order valence-corrected chi connectivity index (χ3v) is 1.78. The molecular weight excluding hydrogens is 132 g/mol. The Balaban J connectivity index is 2.28. The highest BCUT2D eigenvalue weighted by Gasteiger charge is 1.82. The molecule has 0 unspecified atom stereocenters. The van der Waals surface area contributed by atoms with Crippen molar-refractivity contribution in [1.82, 2.24) is 10.6 Å². The summed E-state index contributed by atoms with van der Waals surface area (Å²) in [5, 5.41) is 10.7. The smallest absolute Gasteiger partial charge is 0.0267 e. The zero-order valence-electron chi connectivity index (χ0n) is 5.30. The SMILES string of the molecule is C1=C[SH]=CCNCCN1. The molecule has 0 fully saturated rings. The molecular formula is C6H12N2S. The summed E-state index contributed by atoms with van der Waals surface area (Å²) in [6.07, 6.45) is 2.01. The van der Waals surface area contributed by atoms with Gasteiger partial charge in [-0.25, -0.2) is 0 Å². The highest BCUT2D eigenvalue weighted by molar-refractivity contribution is 8.00. The molecule has 1 aliphatic rings. The van der Waals surface area contributed by atoms with Crippen molar-refractivity contribution in [2.75, 3.05) is 19.6 Å². The molecule has 3 heteroatoms. The molecule has 1 aliphatic heterocycles. The Morgan fingerprint density at radius 3 is 3.33 bits per heavy atom. The predicted octanol–water partition coefficient (Wildman–Crippen LogP) is -0.0819. The predicted molar refractivity (Wildman–Crippen MR) is 45.1 cm³/mol. The molecule has 0 aromatic heterocycles. The van der Waals surface area contributed by atoms with Crippen molar-refractivity contribution >= 4 is 16.7 Å². The van der Waals surface area contributed by atoms with Gasteiger partial charge in [-0.05, 0) is 10.8 Å². The second-order valence-electron chi connectivity index (χ2n) is 1.81. The van der Waals surface area contributed by atoms with Gasteiger partial charge in [0.05, 0.1) is 0 Å². The molecule has 2 N–H and O–H groups in total. The topological polar surface area (TPSA) is 24.1 Å². The summed E-state index contributed by atoms with van der Waals surface area (Å²) >= 11 is 1.28. The van der Waals surface area contributed by atoms with Crippen molar-refractivity contribution in [2.45, 2.75) is 0 Å². The van der Waals surface area contributed by atoms with E-state index in [1.807, 2.05) is 6.20 Å². The lowest BCUT2D eigenvalue weighted by atomic mass is 10.6. The fraction of sp³-hybridized carbons (Fsp3) is 0.500. The lowest BCUT2D eigenvalue weighted by Gasteiger charge is -1.98. The van der Waals surface area contributed by atoms with Crippen LogP contribution in [-0.2, 0) is 0 Å². The molecule has 52 valence electrons. The number of hydrogen-bond acceptors (Lipinski definition) is 2. The van der Waals surface area contributed by atoms with E-state index < -0.39 is 0 Å². The first kappa shape index (κ1) is 6.83. The minimum atomic E-state index is 1.02. The molecule has 0 bridgehead atoms. The summed E-state index contributed by atoms with van der Waals surface area (Å²) in [5.41, 5.74) is 0. The second kappa shape index (κ2) is 4.58. The van der Waals surface area contributed by atoms with Crippen molar-refractivity contribution in [1.29, 1.82) is 0 Å². The van der Waals surface area contributed by atoms with Crippen LogP contribution in [0.25, 0.3) is 0 Å². The van der Waals surface area contributed by atoms with Crippen molar-refractivity contribution < 1.29 is 0 Å². The third kappa shape index (κ3) is 3.32. The number of nitrogens with one attached hydrogen (secondary N) is 2. The van der Waals surface area contributed by atoms with E-state index in [1.165, 1.54) is 11.4 Å². The Kier molecular flexibility index (Phi) is 3.48. The standard InChI is InChI=1S/C6H12N2S/c1-2-8-4-6-9-5-3-7-1/h3,5-9H,1-2,4H2. The van der Waals surface area contributed by atoms with Gasteiger partial charge in [-0.3, -0.25) is 0 Å². The highest BCUT2D eigenvalue weighted by atomic mass is 32.1. The monoisotopic (exact) mass is 144 g/mol. The van der Waals surface area contributed by atoms with Crippen LogP contribution in [0.3, 0.4) is 0 Å². The first-order chi connectivity index (χ1) is 4.50. The van der Waals surface area contributed by atoms with Gasteiger partial charge in [-0.2, -0.15) is 11.4 Å². The van der Waals surface area contributed by atoms with Crippen LogP contribution >= 0.6 is 11.4 Å². The molecule has 2 nitrogen and oxygen atoms in total. The van der Waals surface area contributed by atoms with E-state index >= 15 is 0 Å². The average molecular weight is 144 g/mol. The van der Waals surface area contributed by atoms with Gasteiger partial charge in [0.15, 0.2) is 0 Å². The van der Waals surface area contributed by atoms with Crippen molar-refractivity contribution in [3.8, 4) is 0 Å². The minimum Gasteiger partial charge on any atom is -0.389 e. The van der Waals surface area contributed by atoms with Gasteiger partial charge in [-0.1, -0.05) is 0 Å². The van der Waals surface area contributed by atoms with Gasteiger partial charge in [0.1, 0.15) is 0 Å². The molecule has 0 spiro atoms. The van der Waals surface area contributed by atoms with E-state index in [0.29, 0.717) is 0 Å². The third-order valence-electron chi connectivity index (χ3n) is 1.07. The van der Waals surface area contributed by atoms with Gasteiger partial charge in [0.2, 0.25) is 0 Å². The molecule has 0 aromatic rings. The summed E-state index contributed by atoms with van der Waals surface area (Å²) in [4.78, 5) is 0. The normalized spacial score (nSPS) is 20.4. The number of rotatable bonds is 0. The maximum Gasteiger partial charge on any atom is 0.0267 e. The number of thiol groups is 1. The van der Waals surface area contributed by atoms with Gasteiger partial charge in [0.25, 0.3) is 0 Å². The molecule has 0 aromatic carbocycles. The van der Waals surface area contributed by atoms with Gasteiger partial charge in [0, 0.05) is 25.8 Å². The molecule has 1 rings (SSSR count). The van der Waals surface area contributed by atoms with E-state index in [2.05, 4.69) is 21.4 Å². The van der Waals surface area contributed by atoms with E-state index in [9.17, 15) is 0 Å². The fourth-order valence-electron chi connectivity index (χ4n) is 0.620. The molecule has 0 amide bonds. The van der Waals surface area contributed by atoms with Crippen molar-refractivity contribution in [3.05, 3.63) is 11.6 Å². The molecule has 0 atom stereocenters. The van der Waals surface area contributed by atoms with Crippen LogP contribution in [0.4, 0.5) is 0 Å². The molecule has 1 heterocycles. The van der Waals surface area contributed by atoms with Crippen molar-refractivity contribution in [3.63, 3.8) is 0 Å². The van der Waals surface area contributed by atoms with E-state index in [1.54, 1.807) is 0 Å². The maximum atomic E-state index is 3.26. The Hall–Kier alpha value is -0.280. The maximum absolute atomic E-state index is 3.26. The van der Waals surface area contributed by atoms with Gasteiger partial charge >= 0.3 is 0 Å². The van der Waals surface area contributed by atoms with Crippen LogP contribution in [0, 0.1) is 0 Å². The molecule has 0 aliphatic carbocycles. The zero-order chi connectivity index (χ0) is 6.36. The van der Waals surface area contributed by atoms with Crippen LogP contribution in [0.1, 0.15) is 0 Å². The first-order valence-corrected chi connectivity index (χ1v) is 4.14. The summed E-state index contributed by atoms with van der Waals surface area (Å²) in [6.45, 7) is 3.10. The average Bonchev–Trinajstić information content (AvgIpc) is 2.00. The van der Waals surface area contributed by atoms with E-state index in [0.717, 1.165) is 19.6 Å². The van der Waals surface area contributed by atoms with E-state index in [-0.39, 0.29) is 0 Å². The summed E-state index contributed by atoms with van der Waals surface area (Å²) in [5.74, 6) is 0. The molecule has 0 saturated carbocycles. The van der Waals surface area contributed by atoms with Gasteiger partial charge < -0.3 is 10.6 Å². The molecule has 0 saturated heterocycles. The summed E-state index contributed by atoms with van der Waals surface area (Å²) in [6, 6.07) is 0. The molecule has 9 heavy (non-hydrogen) atoms. The Labute approximate surface area is 59.3 Å². The van der Waals surface area contributed by atoms with Crippen LogP contribution in [0.5, 0.6) is 0 Å². The van der Waals surface area contributed by atoms with Crippen LogP contribution in [0.15, 0.2) is 11.6 Å². The van der Waals surface area contributed by atoms with Crippen molar-refractivity contribution in [2.24, 2.45) is 0 Å². The lowest BCUT2D eigenvalue weighted by Crippen LogP contribution is -2.24. The summed E-state index contributed by atoms with van der Waals surface area (Å²) in [7, 11) is 0. The Morgan fingerprint density at radius 1 is 1.33 bits per heavy atom. The summed E-state index contributed by atoms with van der Waals surface area (Å²) < 4.78 is 0. The van der Waals surface area contributed by atoms with Gasteiger partial charge in [-0.15, -0.1) is 0 Å². The highest BCUT2D eigenvalue weighted by Crippen LogP contribution is 1.84. The quantitative estimate of drug-likeness (QED) is 0.327. The van der Waals surface area contributed by atoms with E-state index in [4.69, 9.17) is 0 Å². The fourth-order valence-corrected chi connectivity index (χ4v) is 1.17. The zero-order valence-corrected chi connectivity index (χ0v) is 6.20. The Morgan fingerprint density at radius 2 is 2.33 bits per heavy atom. The molecule has 0 radical (unpaired) electrons. The minimum absolute atomic E-state index is 1.02. The first-order valence-electron chi connectivity index (χ1n) is 3.11. The van der Waals surface area contributed by atoms with Crippen LogP contribution < -0.4 is 10.6 Å². The largest absolute Gasteiger partial charge is 0.389 e.